The van der Waals surface area contributed by atoms with Crippen molar-refractivity contribution in [2.45, 2.75) is 19.9 Å². The second-order valence-electron chi connectivity index (χ2n) is 5.63. The summed E-state index contributed by atoms with van der Waals surface area (Å²) in [6.45, 7) is 4.63. The zero-order chi connectivity index (χ0) is 16.4. The van der Waals surface area contributed by atoms with Crippen molar-refractivity contribution in [3.05, 3.63) is 38.9 Å². The number of carbonyl (C=O) groups is 1. The van der Waals surface area contributed by atoms with E-state index in [0.717, 1.165) is 31.6 Å². The van der Waals surface area contributed by atoms with Gasteiger partial charge in [-0.05, 0) is 54.3 Å². The molecule has 1 aliphatic rings. The third kappa shape index (κ3) is 3.30. The Bertz CT molecular complexity index is 797. The molecule has 2 aromatic heterocycles. The number of nitrogens with one attached hydrogen (secondary N) is 1. The molecule has 0 aliphatic carbocycles. The lowest BCUT2D eigenvalue weighted by Gasteiger charge is -2.16. The first-order chi connectivity index (χ1) is 11.1. The summed E-state index contributed by atoms with van der Waals surface area (Å²) in [5.74, 6) is -0.106. The molecule has 3 rings (SSSR count). The molecule has 23 heavy (non-hydrogen) atoms. The van der Waals surface area contributed by atoms with E-state index in [0.29, 0.717) is 15.9 Å². The molecule has 1 saturated heterocycles. The molecule has 122 valence electrons. The number of ether oxygens (including phenoxy) is 1. The highest BCUT2D eigenvalue weighted by Gasteiger charge is 2.20. The predicted molar refractivity (Wildman–Crippen MR) is 90.6 cm³/mol. The van der Waals surface area contributed by atoms with Crippen molar-refractivity contribution in [3.8, 4) is 0 Å². The number of nitrogens with zero attached hydrogens (tertiary/aromatic N) is 2. The van der Waals surface area contributed by atoms with Crippen LogP contribution in [0.25, 0.3) is 10.9 Å². The Morgan fingerprint density at radius 1 is 1.57 bits per heavy atom. The molecule has 1 aliphatic heterocycles. The van der Waals surface area contributed by atoms with Crippen LogP contribution in [0.4, 0.5) is 0 Å². The van der Waals surface area contributed by atoms with Crippen molar-refractivity contribution >= 4 is 32.8 Å². The van der Waals surface area contributed by atoms with E-state index in [1.165, 1.54) is 0 Å². The SMILES string of the molecule is CCOC(=O)c1cn(CC2CCNC2)c2cnc(Br)cc2c1=O. The minimum Gasteiger partial charge on any atom is -0.462 e. The van der Waals surface area contributed by atoms with Gasteiger partial charge in [0.15, 0.2) is 0 Å². The lowest BCUT2D eigenvalue weighted by atomic mass is 10.1. The van der Waals surface area contributed by atoms with Gasteiger partial charge in [-0.1, -0.05) is 0 Å². The molecule has 0 spiro atoms. The summed E-state index contributed by atoms with van der Waals surface area (Å²) in [7, 11) is 0. The van der Waals surface area contributed by atoms with Crippen LogP contribution in [0, 0.1) is 5.92 Å². The van der Waals surface area contributed by atoms with Crippen LogP contribution in [-0.2, 0) is 11.3 Å². The van der Waals surface area contributed by atoms with Gasteiger partial charge in [-0.25, -0.2) is 9.78 Å². The molecule has 1 unspecified atom stereocenters. The lowest BCUT2D eigenvalue weighted by Crippen LogP contribution is -2.23. The van der Waals surface area contributed by atoms with E-state index in [1.807, 2.05) is 4.57 Å². The first kappa shape index (κ1) is 16.1. The first-order valence-electron chi connectivity index (χ1n) is 7.66. The van der Waals surface area contributed by atoms with E-state index in [1.54, 1.807) is 25.4 Å². The topological polar surface area (TPSA) is 73.2 Å². The number of hydrogen-bond acceptors (Lipinski definition) is 5. The fourth-order valence-electron chi connectivity index (χ4n) is 2.92. The fraction of sp³-hybridized carbons (Fsp3) is 0.438. The van der Waals surface area contributed by atoms with Crippen LogP contribution in [-0.4, -0.2) is 35.2 Å². The minimum atomic E-state index is -0.578. The molecule has 0 bridgehead atoms. The molecule has 1 N–H and O–H groups in total. The Hall–Kier alpha value is -1.73. The maximum absolute atomic E-state index is 12.6. The molecular formula is C16H18BrN3O3. The predicted octanol–water partition coefficient (Wildman–Crippen LogP) is 1.95. The number of fused-ring (bicyclic) bond motifs is 1. The second-order valence-corrected chi connectivity index (χ2v) is 6.44. The fourth-order valence-corrected chi connectivity index (χ4v) is 3.25. The maximum Gasteiger partial charge on any atom is 0.343 e. The number of pyridine rings is 2. The van der Waals surface area contributed by atoms with E-state index < -0.39 is 5.97 Å². The molecule has 3 heterocycles. The second kappa shape index (κ2) is 6.80. The van der Waals surface area contributed by atoms with Gasteiger partial charge in [0.1, 0.15) is 10.2 Å². The molecule has 6 nitrogen and oxygen atoms in total. The molecule has 0 radical (unpaired) electrons. The van der Waals surface area contributed by atoms with Gasteiger partial charge in [-0.15, -0.1) is 0 Å². The van der Waals surface area contributed by atoms with Gasteiger partial charge in [0.25, 0.3) is 0 Å². The van der Waals surface area contributed by atoms with Crippen LogP contribution in [0.2, 0.25) is 0 Å². The first-order valence-corrected chi connectivity index (χ1v) is 8.46. The van der Waals surface area contributed by atoms with Crippen molar-refractivity contribution in [3.63, 3.8) is 0 Å². The number of carbonyl (C=O) groups excluding carboxylic acids is 1. The van der Waals surface area contributed by atoms with E-state index >= 15 is 0 Å². The Morgan fingerprint density at radius 2 is 2.39 bits per heavy atom. The molecule has 0 aromatic carbocycles. The number of esters is 1. The van der Waals surface area contributed by atoms with Crippen LogP contribution in [0.15, 0.2) is 27.9 Å². The molecular weight excluding hydrogens is 362 g/mol. The zero-order valence-corrected chi connectivity index (χ0v) is 14.4. The van der Waals surface area contributed by atoms with Gasteiger partial charge < -0.3 is 14.6 Å². The van der Waals surface area contributed by atoms with E-state index in [4.69, 9.17) is 4.74 Å². The molecule has 7 heteroatoms. The highest BCUT2D eigenvalue weighted by Crippen LogP contribution is 2.19. The van der Waals surface area contributed by atoms with Gasteiger partial charge in [0, 0.05) is 12.7 Å². The molecule has 2 aromatic rings. The van der Waals surface area contributed by atoms with Gasteiger partial charge in [-0.2, -0.15) is 0 Å². The van der Waals surface area contributed by atoms with Crippen LogP contribution in [0.3, 0.4) is 0 Å². The summed E-state index contributed by atoms with van der Waals surface area (Å²) >= 11 is 3.29. The van der Waals surface area contributed by atoms with Gasteiger partial charge in [0.05, 0.1) is 23.7 Å². The number of hydrogen-bond donors (Lipinski definition) is 1. The Labute approximate surface area is 142 Å². The zero-order valence-electron chi connectivity index (χ0n) is 12.8. The molecule has 0 amide bonds. The maximum atomic E-state index is 12.6. The lowest BCUT2D eigenvalue weighted by molar-refractivity contribution is 0.0524. The Morgan fingerprint density at radius 3 is 3.09 bits per heavy atom. The third-order valence-corrected chi connectivity index (χ3v) is 4.48. The van der Waals surface area contributed by atoms with Gasteiger partial charge in [-0.3, -0.25) is 4.79 Å². The average Bonchev–Trinajstić information content (AvgIpc) is 3.03. The summed E-state index contributed by atoms with van der Waals surface area (Å²) in [5, 5.41) is 3.80. The highest BCUT2D eigenvalue weighted by molar-refractivity contribution is 9.10. The summed E-state index contributed by atoms with van der Waals surface area (Å²) in [6, 6.07) is 1.66. The monoisotopic (exact) mass is 379 g/mol. The number of aromatic nitrogens is 2. The average molecular weight is 380 g/mol. The van der Waals surface area contributed by atoms with E-state index in [-0.39, 0.29) is 17.6 Å². The van der Waals surface area contributed by atoms with Crippen molar-refractivity contribution in [1.29, 1.82) is 0 Å². The van der Waals surface area contributed by atoms with Crippen molar-refractivity contribution < 1.29 is 9.53 Å². The van der Waals surface area contributed by atoms with Crippen molar-refractivity contribution in [2.75, 3.05) is 19.7 Å². The van der Waals surface area contributed by atoms with E-state index in [9.17, 15) is 9.59 Å². The Kier molecular flexibility index (Phi) is 4.77. The summed E-state index contributed by atoms with van der Waals surface area (Å²) < 4.78 is 7.53. The van der Waals surface area contributed by atoms with Crippen LogP contribution >= 0.6 is 15.9 Å². The molecule has 0 saturated carbocycles. The van der Waals surface area contributed by atoms with Gasteiger partial charge in [0.2, 0.25) is 5.43 Å². The quantitative estimate of drug-likeness (QED) is 0.649. The standard InChI is InChI=1S/C16H18BrN3O3/c1-2-23-16(22)12-9-20(8-10-3-4-18-6-10)13-7-19-14(17)5-11(13)15(12)21/h5,7,9-10,18H,2-4,6,8H2,1H3. The highest BCUT2D eigenvalue weighted by atomic mass is 79.9. The summed E-state index contributed by atoms with van der Waals surface area (Å²) in [4.78, 5) is 28.9. The molecule has 1 atom stereocenters. The largest absolute Gasteiger partial charge is 0.462 e. The van der Waals surface area contributed by atoms with Crippen LogP contribution in [0.1, 0.15) is 23.7 Å². The van der Waals surface area contributed by atoms with Crippen molar-refractivity contribution in [2.24, 2.45) is 5.92 Å². The Balaban J connectivity index is 2.14. The molecule has 1 fully saturated rings. The number of rotatable bonds is 4. The summed E-state index contributed by atoms with van der Waals surface area (Å²) in [6.07, 6.45) is 4.35. The normalized spacial score (nSPS) is 17.6. The van der Waals surface area contributed by atoms with Crippen LogP contribution < -0.4 is 10.7 Å². The number of halogens is 1. The summed E-state index contributed by atoms with van der Waals surface area (Å²) in [5.41, 5.74) is 0.490. The smallest absolute Gasteiger partial charge is 0.343 e. The third-order valence-electron chi connectivity index (χ3n) is 4.05. The van der Waals surface area contributed by atoms with Crippen molar-refractivity contribution in [1.82, 2.24) is 14.9 Å². The van der Waals surface area contributed by atoms with E-state index in [2.05, 4.69) is 26.2 Å². The van der Waals surface area contributed by atoms with Gasteiger partial charge >= 0.3 is 5.97 Å². The van der Waals surface area contributed by atoms with Crippen LogP contribution in [0.5, 0.6) is 0 Å². The minimum absolute atomic E-state index is 0.0726.